The molecule has 0 aliphatic carbocycles. The molecule has 0 atom stereocenters. The molecule has 1 N–H and O–H groups in total. The Balaban J connectivity index is 2.07. The molecule has 0 amide bonds. The maximum atomic E-state index is 13.1. The van der Waals surface area contributed by atoms with Gasteiger partial charge in [-0.3, -0.25) is 4.79 Å². The van der Waals surface area contributed by atoms with E-state index in [0.29, 0.717) is 22.6 Å². The summed E-state index contributed by atoms with van der Waals surface area (Å²) in [5, 5.41) is 9.31. The molecular weight excluding hydrogens is 318 g/mol. The first-order valence-electron chi connectivity index (χ1n) is 8.42. The lowest BCUT2D eigenvalue weighted by molar-refractivity contribution is 0.0696. The van der Waals surface area contributed by atoms with E-state index >= 15 is 0 Å². The molecule has 2 aromatic carbocycles. The fraction of sp³-hybridized carbons (Fsp3) is 0.300. The van der Waals surface area contributed by atoms with Crippen molar-refractivity contribution in [2.45, 2.75) is 19.3 Å². The molecule has 0 bridgehead atoms. The van der Waals surface area contributed by atoms with Gasteiger partial charge in [0.05, 0.1) is 18.2 Å². The zero-order chi connectivity index (χ0) is 17.8. The van der Waals surface area contributed by atoms with Crippen LogP contribution in [-0.2, 0) is 0 Å². The number of carbonyl (C=O) groups is 2. The summed E-state index contributed by atoms with van der Waals surface area (Å²) in [4.78, 5) is 26.6. The number of carboxylic acids is 1. The number of carboxylic acid groups (broad SMARTS) is 1. The van der Waals surface area contributed by atoms with Crippen LogP contribution in [0.4, 0.5) is 5.69 Å². The molecule has 1 aliphatic rings. The highest BCUT2D eigenvalue weighted by molar-refractivity contribution is 6.14. The molecule has 1 aliphatic heterocycles. The summed E-state index contributed by atoms with van der Waals surface area (Å²) in [6, 6.07) is 11.8. The van der Waals surface area contributed by atoms with Crippen molar-refractivity contribution in [1.82, 2.24) is 0 Å². The monoisotopic (exact) mass is 339 g/mol. The summed E-state index contributed by atoms with van der Waals surface area (Å²) >= 11 is 0. The number of hydrogen-bond donors (Lipinski definition) is 1. The second-order valence-corrected chi connectivity index (χ2v) is 6.11. The minimum Gasteiger partial charge on any atom is -0.496 e. The molecule has 130 valence electrons. The average molecular weight is 339 g/mol. The van der Waals surface area contributed by atoms with Gasteiger partial charge in [-0.2, -0.15) is 0 Å². The van der Waals surface area contributed by atoms with Crippen molar-refractivity contribution in [3.05, 3.63) is 59.2 Å². The van der Waals surface area contributed by atoms with E-state index in [4.69, 9.17) is 4.74 Å². The molecule has 1 fully saturated rings. The maximum absolute atomic E-state index is 13.1. The molecular formula is C20H21NO4. The van der Waals surface area contributed by atoms with E-state index in [1.54, 1.807) is 30.3 Å². The molecule has 5 heteroatoms. The quantitative estimate of drug-likeness (QED) is 0.843. The topological polar surface area (TPSA) is 66.8 Å². The van der Waals surface area contributed by atoms with Gasteiger partial charge in [-0.05, 0) is 49.6 Å². The summed E-state index contributed by atoms with van der Waals surface area (Å²) in [6.07, 6.45) is 3.24. The van der Waals surface area contributed by atoms with Gasteiger partial charge in [0.25, 0.3) is 0 Å². The number of para-hydroxylation sites is 1. The number of anilines is 1. The highest BCUT2D eigenvalue weighted by atomic mass is 16.5. The van der Waals surface area contributed by atoms with Gasteiger partial charge in [0, 0.05) is 24.3 Å². The smallest absolute Gasteiger partial charge is 0.335 e. The normalized spacial score (nSPS) is 14.2. The van der Waals surface area contributed by atoms with Crippen LogP contribution in [0.15, 0.2) is 42.5 Å². The van der Waals surface area contributed by atoms with Gasteiger partial charge in [-0.25, -0.2) is 4.79 Å². The molecule has 0 aromatic heterocycles. The number of ketones is 1. The number of rotatable bonds is 5. The van der Waals surface area contributed by atoms with Crippen LogP contribution in [0, 0.1) is 0 Å². The van der Waals surface area contributed by atoms with E-state index in [-0.39, 0.29) is 11.3 Å². The molecule has 0 spiro atoms. The van der Waals surface area contributed by atoms with Gasteiger partial charge in [0.1, 0.15) is 5.75 Å². The Hall–Kier alpha value is -2.82. The molecule has 1 heterocycles. The van der Waals surface area contributed by atoms with Crippen molar-refractivity contribution in [3.63, 3.8) is 0 Å². The standard InChI is InChI=1S/C20H21NO4/c1-25-18-8-4-3-7-16(18)19(22)15-10-9-14(20(23)24)13-17(15)21-11-5-2-6-12-21/h3-4,7-10,13H,2,5-6,11-12H2,1H3,(H,23,24). The number of methoxy groups -OCH3 is 1. The highest BCUT2D eigenvalue weighted by Gasteiger charge is 2.23. The summed E-state index contributed by atoms with van der Waals surface area (Å²) < 4.78 is 5.31. The maximum Gasteiger partial charge on any atom is 0.335 e. The number of aromatic carboxylic acids is 1. The predicted octanol–water partition coefficient (Wildman–Crippen LogP) is 3.61. The highest BCUT2D eigenvalue weighted by Crippen LogP contribution is 2.30. The third kappa shape index (κ3) is 3.50. The van der Waals surface area contributed by atoms with E-state index < -0.39 is 5.97 Å². The molecule has 25 heavy (non-hydrogen) atoms. The van der Waals surface area contributed by atoms with Crippen LogP contribution in [0.25, 0.3) is 0 Å². The lowest BCUT2D eigenvalue weighted by atomic mass is 9.97. The lowest BCUT2D eigenvalue weighted by Gasteiger charge is -2.30. The first-order chi connectivity index (χ1) is 12.1. The van der Waals surface area contributed by atoms with Crippen LogP contribution in [0.3, 0.4) is 0 Å². The third-order valence-electron chi connectivity index (χ3n) is 4.54. The Morgan fingerprint density at radius 1 is 1.00 bits per heavy atom. The first kappa shape index (κ1) is 17.0. The average Bonchev–Trinajstić information content (AvgIpc) is 2.67. The van der Waals surface area contributed by atoms with Crippen LogP contribution >= 0.6 is 0 Å². The van der Waals surface area contributed by atoms with E-state index in [9.17, 15) is 14.7 Å². The zero-order valence-corrected chi connectivity index (χ0v) is 14.2. The van der Waals surface area contributed by atoms with Gasteiger partial charge < -0.3 is 14.7 Å². The van der Waals surface area contributed by atoms with Crippen molar-refractivity contribution < 1.29 is 19.4 Å². The number of benzene rings is 2. The number of ether oxygens (including phenoxy) is 1. The summed E-state index contributed by atoms with van der Waals surface area (Å²) in [5.41, 5.74) is 1.87. The van der Waals surface area contributed by atoms with Crippen molar-refractivity contribution in [1.29, 1.82) is 0 Å². The first-order valence-corrected chi connectivity index (χ1v) is 8.42. The van der Waals surface area contributed by atoms with Gasteiger partial charge >= 0.3 is 5.97 Å². The van der Waals surface area contributed by atoms with Crippen molar-refractivity contribution in [2.75, 3.05) is 25.1 Å². The summed E-state index contributed by atoms with van der Waals surface area (Å²) in [5.74, 6) is -0.635. The minimum absolute atomic E-state index is 0.157. The number of piperidine rings is 1. The lowest BCUT2D eigenvalue weighted by Crippen LogP contribution is -2.31. The third-order valence-corrected chi connectivity index (χ3v) is 4.54. The fourth-order valence-corrected chi connectivity index (χ4v) is 3.23. The van der Waals surface area contributed by atoms with Gasteiger partial charge in [-0.1, -0.05) is 12.1 Å². The largest absolute Gasteiger partial charge is 0.496 e. The van der Waals surface area contributed by atoms with E-state index in [2.05, 4.69) is 4.90 Å². The molecule has 0 saturated carbocycles. The molecule has 5 nitrogen and oxygen atoms in total. The molecule has 2 aromatic rings. The molecule has 0 unspecified atom stereocenters. The molecule has 0 radical (unpaired) electrons. The fourth-order valence-electron chi connectivity index (χ4n) is 3.23. The van der Waals surface area contributed by atoms with Crippen LogP contribution in [-0.4, -0.2) is 37.1 Å². The van der Waals surface area contributed by atoms with Gasteiger partial charge in [0.2, 0.25) is 0 Å². The Labute approximate surface area is 146 Å². The van der Waals surface area contributed by atoms with Gasteiger partial charge in [0.15, 0.2) is 5.78 Å². The molecule has 3 rings (SSSR count). The molecule has 1 saturated heterocycles. The van der Waals surface area contributed by atoms with Crippen LogP contribution in [0.2, 0.25) is 0 Å². The van der Waals surface area contributed by atoms with Crippen molar-refractivity contribution in [3.8, 4) is 5.75 Å². The van der Waals surface area contributed by atoms with Gasteiger partial charge in [-0.15, -0.1) is 0 Å². The van der Waals surface area contributed by atoms with Crippen LogP contribution < -0.4 is 9.64 Å². The van der Waals surface area contributed by atoms with Crippen LogP contribution in [0.5, 0.6) is 5.75 Å². The van der Waals surface area contributed by atoms with Crippen LogP contribution in [0.1, 0.15) is 45.5 Å². The van der Waals surface area contributed by atoms with Crippen molar-refractivity contribution >= 4 is 17.4 Å². The SMILES string of the molecule is COc1ccccc1C(=O)c1ccc(C(=O)O)cc1N1CCCCC1. The summed E-state index contributed by atoms with van der Waals surface area (Å²) in [7, 11) is 1.53. The Morgan fingerprint density at radius 2 is 1.72 bits per heavy atom. The van der Waals surface area contributed by atoms with E-state index in [1.807, 2.05) is 6.07 Å². The Bertz CT molecular complexity index is 794. The number of carbonyl (C=O) groups excluding carboxylic acids is 1. The van der Waals surface area contributed by atoms with E-state index in [0.717, 1.165) is 32.4 Å². The second kappa shape index (κ2) is 7.38. The summed E-state index contributed by atoms with van der Waals surface area (Å²) in [6.45, 7) is 1.66. The predicted molar refractivity (Wildman–Crippen MR) is 95.9 cm³/mol. The second-order valence-electron chi connectivity index (χ2n) is 6.11. The Kier molecular flexibility index (Phi) is 5.03. The number of nitrogens with zero attached hydrogens (tertiary/aromatic N) is 1. The number of hydrogen-bond acceptors (Lipinski definition) is 4. The van der Waals surface area contributed by atoms with Crippen molar-refractivity contribution in [2.24, 2.45) is 0 Å². The van der Waals surface area contributed by atoms with E-state index in [1.165, 1.54) is 13.2 Å². The zero-order valence-electron chi connectivity index (χ0n) is 14.2. The minimum atomic E-state index is -0.991. The Morgan fingerprint density at radius 3 is 2.40 bits per heavy atom.